The Kier molecular flexibility index (Phi) is 30.9. The van der Waals surface area contributed by atoms with Crippen molar-refractivity contribution >= 4 is 88.4 Å². The Labute approximate surface area is 585 Å². The van der Waals surface area contributed by atoms with Crippen molar-refractivity contribution in [3.05, 3.63) is 187 Å². The van der Waals surface area contributed by atoms with E-state index in [1.165, 1.54) is 47.5 Å². The van der Waals surface area contributed by atoms with E-state index in [2.05, 4.69) is 70.2 Å². The molecule has 0 bridgehead atoms. The molecule has 0 fully saturated rings. The molecule has 0 radical (unpaired) electrons. The summed E-state index contributed by atoms with van der Waals surface area (Å²) in [6.07, 6.45) is 2.50. The summed E-state index contributed by atoms with van der Waals surface area (Å²) in [6, 6.07) is 25.4. The minimum absolute atomic E-state index is 0.0313. The monoisotopic (exact) mass is 1410 g/mol. The smallest absolute Gasteiger partial charge is 0.478 e. The van der Waals surface area contributed by atoms with Crippen LogP contribution in [0.25, 0.3) is 0 Å². The zero-order valence-corrected chi connectivity index (χ0v) is 60.8. The summed E-state index contributed by atoms with van der Waals surface area (Å²) >= 11 is 5.31. The summed E-state index contributed by atoms with van der Waals surface area (Å²) in [5, 5.41) is 38.1. The second-order valence-corrected chi connectivity index (χ2v) is 29.2. The van der Waals surface area contributed by atoms with Crippen molar-refractivity contribution in [3.8, 4) is 0 Å². The van der Waals surface area contributed by atoms with Crippen LogP contribution in [0.3, 0.4) is 0 Å². The van der Waals surface area contributed by atoms with Gasteiger partial charge in [0.25, 0.3) is 33.1 Å². The maximum absolute atomic E-state index is 15.0. The van der Waals surface area contributed by atoms with E-state index < -0.39 is 77.5 Å². The molecule has 3 heterocycles. The highest BCUT2D eigenvalue weighted by molar-refractivity contribution is 7.85. The number of fused-ring (bicyclic) bond motifs is 3. The van der Waals surface area contributed by atoms with Gasteiger partial charge in [-0.25, -0.2) is 28.4 Å². The number of aryl methyl sites for hydroxylation is 5. The molecule has 0 aromatic heterocycles. The number of nitrogens with one attached hydrogen (secondary N) is 4. The highest BCUT2D eigenvalue weighted by Gasteiger charge is 2.38. The quantitative estimate of drug-likeness (QED) is 0.0169. The van der Waals surface area contributed by atoms with Gasteiger partial charge in [0, 0.05) is 39.9 Å². The van der Waals surface area contributed by atoms with Gasteiger partial charge in [0.1, 0.15) is 17.5 Å². The first-order valence-corrected chi connectivity index (χ1v) is 33.9. The van der Waals surface area contributed by atoms with Gasteiger partial charge < -0.3 is 34.1 Å². The first kappa shape index (κ1) is 84.1. The maximum Gasteiger partial charge on any atom is 0.491 e. The van der Waals surface area contributed by atoms with E-state index in [1.54, 1.807) is 36.4 Å². The molecule has 0 unspecified atom stereocenters. The van der Waals surface area contributed by atoms with Crippen LogP contribution in [0.5, 0.6) is 0 Å². The first-order chi connectivity index (χ1) is 45.9. The van der Waals surface area contributed by atoms with Crippen LogP contribution in [0.1, 0.15) is 199 Å². The summed E-state index contributed by atoms with van der Waals surface area (Å²) < 4.78 is 87.2. The third-order valence-corrected chi connectivity index (χ3v) is 17.4. The fourth-order valence-electron chi connectivity index (χ4n) is 11.1. The van der Waals surface area contributed by atoms with Gasteiger partial charge in [-0.15, -0.1) is 0 Å². The third-order valence-electron chi connectivity index (χ3n) is 16.4. The number of benzene rings is 6. The molecule has 29 heteroatoms. The topological polar surface area (TPSA) is 326 Å². The van der Waals surface area contributed by atoms with Crippen molar-refractivity contribution in [2.24, 2.45) is 22.1 Å². The summed E-state index contributed by atoms with van der Waals surface area (Å²) in [7, 11) is -7.49. The Morgan fingerprint density at radius 1 is 0.556 bits per heavy atom. The van der Waals surface area contributed by atoms with Crippen LogP contribution in [0.4, 0.5) is 13.2 Å². The molecule has 0 aliphatic carbocycles. The number of nitrogens with zero attached hydrogens (tertiary/aromatic N) is 1. The number of hydrazine groups is 3. The Morgan fingerprint density at radius 3 is 1.25 bits per heavy atom. The second-order valence-electron chi connectivity index (χ2n) is 27.4. The average molecular weight is 1420 g/mol. The second kappa shape index (κ2) is 36.3. The molecule has 536 valence electrons. The number of amides is 3. The SMILES string of the molecule is CC[C@@H](N(NC(=O)c1ccc2c(c1F)COB2O)C(=O)c1cc(C)cc(C)c1)C(C)(C)C.CC[C@@H](NN)C(C)(C)C.CC[C@@H](NNC(=O)c1ccc2c(c1F)COB2O)C(C)(C)C.Cc1cc(C)cc(C(=O)Cl)c1.Cc1ccc(S(=O)(=O)O)cc1.O=C(O)c1ccc2c(c1F)COB2O. The lowest BCUT2D eigenvalue weighted by Gasteiger charge is -2.39. The summed E-state index contributed by atoms with van der Waals surface area (Å²) in [5.74, 6) is 0.151. The Bertz CT molecular complexity index is 3910. The van der Waals surface area contributed by atoms with E-state index in [9.17, 15) is 56.2 Å². The fraction of sp³-hybridized carbons (Fsp3) is 0.414. The normalized spacial score (nSPS) is 13.9. The van der Waals surface area contributed by atoms with E-state index in [0.717, 1.165) is 46.7 Å². The molecule has 0 saturated carbocycles. The van der Waals surface area contributed by atoms with Crippen LogP contribution in [0, 0.1) is 68.3 Å². The summed E-state index contributed by atoms with van der Waals surface area (Å²) in [4.78, 5) is 60.1. The molecule has 21 nitrogen and oxygen atoms in total. The minimum atomic E-state index is -4.02. The summed E-state index contributed by atoms with van der Waals surface area (Å²) in [5.41, 5.74) is 17.7. The number of carboxylic acids is 1. The Morgan fingerprint density at radius 2 is 0.929 bits per heavy atom. The number of carboxylic acid groups (broad SMARTS) is 1. The van der Waals surface area contributed by atoms with E-state index in [4.69, 9.17) is 41.1 Å². The van der Waals surface area contributed by atoms with Crippen molar-refractivity contribution in [1.82, 2.24) is 26.7 Å². The number of carbonyl (C=O) groups is 5. The molecule has 0 spiro atoms. The average Bonchev–Trinajstić information content (AvgIpc) is 1.76. The number of rotatable bonds is 13. The number of hydrogen-bond donors (Lipinski definition) is 10. The van der Waals surface area contributed by atoms with Crippen LogP contribution in [0.15, 0.2) is 102 Å². The molecule has 3 aliphatic heterocycles. The number of hydrogen-bond acceptors (Lipinski definition) is 16. The van der Waals surface area contributed by atoms with E-state index in [1.807, 2.05) is 81.4 Å². The fourth-order valence-corrected chi connectivity index (χ4v) is 11.7. The van der Waals surface area contributed by atoms with Crippen molar-refractivity contribution in [3.63, 3.8) is 0 Å². The van der Waals surface area contributed by atoms with Crippen molar-refractivity contribution in [2.45, 2.75) is 180 Å². The molecular weight excluding hydrogens is 1320 g/mol. The van der Waals surface area contributed by atoms with Crippen LogP contribution in [-0.4, -0.2) is 107 Å². The molecule has 3 aliphatic rings. The van der Waals surface area contributed by atoms with Gasteiger partial charge in [0.2, 0.25) is 0 Å². The maximum atomic E-state index is 15.0. The molecule has 6 aromatic carbocycles. The van der Waals surface area contributed by atoms with Gasteiger partial charge in [-0.05, 0) is 153 Å². The van der Waals surface area contributed by atoms with E-state index >= 15 is 4.39 Å². The predicted molar refractivity (Wildman–Crippen MR) is 379 cm³/mol. The van der Waals surface area contributed by atoms with Crippen molar-refractivity contribution in [1.29, 1.82) is 0 Å². The van der Waals surface area contributed by atoms with Gasteiger partial charge in [-0.1, -0.05) is 153 Å². The van der Waals surface area contributed by atoms with E-state index in [0.29, 0.717) is 40.0 Å². The Hall–Kier alpha value is -7.31. The molecule has 3 atom stereocenters. The number of aromatic carboxylic acids is 1. The largest absolute Gasteiger partial charge is 0.491 e. The van der Waals surface area contributed by atoms with Crippen LogP contribution in [0.2, 0.25) is 0 Å². The van der Waals surface area contributed by atoms with Crippen molar-refractivity contribution < 1.29 is 84.3 Å². The molecule has 9 rings (SSSR count). The van der Waals surface area contributed by atoms with Crippen LogP contribution >= 0.6 is 11.6 Å². The van der Waals surface area contributed by atoms with Crippen LogP contribution in [-0.2, 0) is 43.9 Å². The van der Waals surface area contributed by atoms with Gasteiger partial charge in [0.15, 0.2) is 0 Å². The standard InChI is InChI=1S/C24H30BFN2O4.C15H22BFN2O3.C9H9ClO.C8H6BFO4.C7H18N2.C7H8O3S/c1-7-20(24(4,5)6)28(23(30)16-11-14(2)10-15(3)12-16)27-22(29)17-8-9-19-18(21(17)26)13-32-25(19)31;1-5-12(15(2,3)4)18-19-14(20)9-6-7-11-10(13(9)17)8-22-16(11)21;1-6-3-7(2)5-8(4-6)9(10)11;10-7-4(8(11)12)1-2-6-5(7)3-14-9(6)13;1-5-6(9-8)7(2,3)4;1-6-2-4-7(5-3-6)11(8,9)10/h8-12,20,31H,7,13H2,1-6H3,(H,27,29);6-7,12,18,21H,5,8H2,1-4H3,(H,19,20);3-5H,1-2H3;1-2,13H,3H2,(H,11,12);6,9H,5,8H2,1-4H3;2-5H,1H3,(H,8,9,10)/t20-;12-;;;6-;/m11..1./s1. The van der Waals surface area contributed by atoms with E-state index in [-0.39, 0.29) is 86.8 Å². The number of halogens is 4. The molecule has 0 saturated heterocycles. The molecule has 6 aromatic rings. The van der Waals surface area contributed by atoms with Crippen LogP contribution < -0.4 is 43.9 Å². The highest BCUT2D eigenvalue weighted by atomic mass is 35.5. The minimum Gasteiger partial charge on any atom is -0.478 e. The van der Waals surface area contributed by atoms with Gasteiger partial charge in [-0.2, -0.15) is 8.42 Å². The lowest BCUT2D eigenvalue weighted by atomic mass is 9.79. The summed E-state index contributed by atoms with van der Waals surface area (Å²) in [6.45, 7) is 34.1. The Balaban J connectivity index is 0.000000270. The first-order valence-electron chi connectivity index (χ1n) is 32.0. The molecule has 11 N–H and O–H groups in total. The van der Waals surface area contributed by atoms with Gasteiger partial charge >= 0.3 is 27.3 Å². The van der Waals surface area contributed by atoms with Crippen molar-refractivity contribution in [2.75, 3.05) is 0 Å². The van der Waals surface area contributed by atoms with Gasteiger partial charge in [0.05, 0.1) is 47.4 Å². The number of carbonyl (C=O) groups excluding carboxylic acids is 4. The third kappa shape index (κ3) is 23.6. The lowest BCUT2D eigenvalue weighted by molar-refractivity contribution is 0.0283. The molecule has 3 amide bonds. The van der Waals surface area contributed by atoms with Gasteiger partial charge in [-0.3, -0.25) is 45.9 Å². The highest BCUT2D eigenvalue weighted by Crippen LogP contribution is 2.29. The zero-order chi connectivity index (χ0) is 75.0. The zero-order valence-electron chi connectivity index (χ0n) is 59.2. The lowest BCUT2D eigenvalue weighted by Crippen LogP contribution is -2.56. The molecular formula is C70H93B3ClF3N6O15S. The number of nitrogens with two attached hydrogens (primary N) is 1. The predicted octanol–water partition coefficient (Wildman–Crippen LogP) is 9.31. The molecule has 99 heavy (non-hydrogen) atoms.